The van der Waals surface area contributed by atoms with E-state index in [-0.39, 0.29) is 18.3 Å². The van der Waals surface area contributed by atoms with Crippen LogP contribution in [-0.2, 0) is 11.3 Å². The Balaban J connectivity index is 1.87. The summed E-state index contributed by atoms with van der Waals surface area (Å²) < 4.78 is 31.5. The Bertz CT molecular complexity index is 648. The molecule has 7 heteroatoms. The van der Waals surface area contributed by atoms with Gasteiger partial charge < -0.3 is 9.64 Å². The van der Waals surface area contributed by atoms with Gasteiger partial charge in [0.05, 0.1) is 10.9 Å². The fraction of sp³-hybridized carbons (Fsp3) is 0.214. The molecule has 0 unspecified atom stereocenters. The van der Waals surface area contributed by atoms with Crippen LogP contribution in [0.3, 0.4) is 0 Å². The molecule has 21 heavy (non-hydrogen) atoms. The second kappa shape index (κ2) is 6.87. The summed E-state index contributed by atoms with van der Waals surface area (Å²) in [6.45, 7) is 0.165. The number of amides is 1. The number of nitrogens with zero attached hydrogens (tertiary/aromatic N) is 1. The van der Waals surface area contributed by atoms with Gasteiger partial charge in [0.15, 0.2) is 18.2 Å². The summed E-state index contributed by atoms with van der Waals surface area (Å²) in [5, 5.41) is 0. The van der Waals surface area contributed by atoms with E-state index in [2.05, 4.69) is 0 Å². The lowest BCUT2D eigenvalue weighted by molar-refractivity contribution is -0.132. The average Bonchev–Trinajstić information content (AvgIpc) is 2.85. The number of likely N-dealkylation sites (N-methyl/N-ethyl adjacent to an activating group) is 1. The third-order valence-corrected chi connectivity index (χ3v) is 3.92. The van der Waals surface area contributed by atoms with Gasteiger partial charge in [0.2, 0.25) is 0 Å². The predicted molar refractivity (Wildman–Crippen MR) is 77.7 cm³/mol. The summed E-state index contributed by atoms with van der Waals surface area (Å²) in [6, 6.07) is 6.73. The van der Waals surface area contributed by atoms with E-state index in [1.165, 1.54) is 22.3 Å². The van der Waals surface area contributed by atoms with Crippen molar-refractivity contribution in [3.05, 3.63) is 51.2 Å². The van der Waals surface area contributed by atoms with E-state index in [9.17, 15) is 13.6 Å². The van der Waals surface area contributed by atoms with Crippen LogP contribution in [0.2, 0.25) is 4.34 Å². The van der Waals surface area contributed by atoms with Crippen molar-refractivity contribution < 1.29 is 18.3 Å². The van der Waals surface area contributed by atoms with Crippen molar-refractivity contribution in [3.63, 3.8) is 0 Å². The zero-order valence-electron chi connectivity index (χ0n) is 11.1. The Labute approximate surface area is 129 Å². The lowest BCUT2D eigenvalue weighted by atomic mass is 10.3. The van der Waals surface area contributed by atoms with Crippen molar-refractivity contribution in [1.29, 1.82) is 0 Å². The minimum Gasteiger partial charge on any atom is -0.484 e. The predicted octanol–water partition coefficient (Wildman–Crippen LogP) is 3.72. The SMILES string of the molecule is CN(Cc1ccc(Cl)s1)C(=O)COc1ccc(F)c(F)c1. The van der Waals surface area contributed by atoms with Crippen molar-refractivity contribution >= 4 is 28.8 Å². The first-order chi connectivity index (χ1) is 9.95. The zero-order chi connectivity index (χ0) is 15.4. The Kier molecular flexibility index (Phi) is 5.14. The van der Waals surface area contributed by atoms with E-state index in [1.807, 2.05) is 6.07 Å². The lowest BCUT2D eigenvalue weighted by Gasteiger charge is -2.16. The van der Waals surface area contributed by atoms with Crippen LogP contribution in [0.15, 0.2) is 30.3 Å². The number of carbonyl (C=O) groups is 1. The maximum Gasteiger partial charge on any atom is 0.260 e. The lowest BCUT2D eigenvalue weighted by Crippen LogP contribution is -2.30. The molecule has 0 N–H and O–H groups in total. The van der Waals surface area contributed by atoms with Crippen LogP contribution in [0, 0.1) is 11.6 Å². The quantitative estimate of drug-likeness (QED) is 0.835. The number of ether oxygens (including phenoxy) is 1. The smallest absolute Gasteiger partial charge is 0.260 e. The van der Waals surface area contributed by atoms with Crippen molar-refractivity contribution in [2.45, 2.75) is 6.54 Å². The minimum absolute atomic E-state index is 0.106. The summed E-state index contributed by atoms with van der Waals surface area (Å²) in [5.74, 6) is -2.14. The minimum atomic E-state index is -1.01. The van der Waals surface area contributed by atoms with Gasteiger partial charge in [-0.05, 0) is 24.3 Å². The van der Waals surface area contributed by atoms with Gasteiger partial charge in [0.1, 0.15) is 5.75 Å². The maximum absolute atomic E-state index is 13.0. The molecule has 0 atom stereocenters. The van der Waals surface area contributed by atoms with Crippen LogP contribution in [0.5, 0.6) is 5.75 Å². The van der Waals surface area contributed by atoms with Gasteiger partial charge in [-0.2, -0.15) is 0 Å². The normalized spacial score (nSPS) is 10.5. The third-order valence-electron chi connectivity index (χ3n) is 2.70. The highest BCUT2D eigenvalue weighted by atomic mass is 35.5. The number of hydrogen-bond acceptors (Lipinski definition) is 3. The van der Waals surface area contributed by atoms with E-state index < -0.39 is 11.6 Å². The number of hydrogen-bond donors (Lipinski definition) is 0. The van der Waals surface area contributed by atoms with E-state index in [0.29, 0.717) is 10.9 Å². The Hall–Kier alpha value is -1.66. The van der Waals surface area contributed by atoms with Crippen LogP contribution >= 0.6 is 22.9 Å². The molecule has 2 rings (SSSR count). The van der Waals surface area contributed by atoms with Crippen LogP contribution in [0.4, 0.5) is 8.78 Å². The molecule has 2 aromatic rings. The molecular formula is C14H12ClF2NO2S. The van der Waals surface area contributed by atoms with Gasteiger partial charge >= 0.3 is 0 Å². The second-order valence-electron chi connectivity index (χ2n) is 4.32. The first-order valence-electron chi connectivity index (χ1n) is 6.01. The second-order valence-corrected chi connectivity index (χ2v) is 6.12. The highest BCUT2D eigenvalue weighted by Gasteiger charge is 2.12. The molecule has 112 valence electrons. The molecule has 0 saturated heterocycles. The van der Waals surface area contributed by atoms with Crippen LogP contribution in [0.1, 0.15) is 4.88 Å². The molecule has 0 spiro atoms. The maximum atomic E-state index is 13.0. The molecule has 0 fully saturated rings. The monoisotopic (exact) mass is 331 g/mol. The average molecular weight is 332 g/mol. The van der Waals surface area contributed by atoms with Gasteiger partial charge in [0, 0.05) is 18.0 Å². The van der Waals surface area contributed by atoms with Crippen LogP contribution in [-0.4, -0.2) is 24.5 Å². The molecule has 0 bridgehead atoms. The molecular weight excluding hydrogens is 320 g/mol. The summed E-state index contributed by atoms with van der Waals surface area (Å²) in [5.41, 5.74) is 0. The summed E-state index contributed by atoms with van der Waals surface area (Å²) in [6.07, 6.45) is 0. The first-order valence-corrected chi connectivity index (χ1v) is 7.21. The standard InChI is InChI=1S/C14H12ClF2NO2S/c1-18(7-10-3-5-13(15)21-10)14(19)8-20-9-2-4-11(16)12(17)6-9/h2-6H,7-8H2,1H3. The number of benzene rings is 1. The van der Waals surface area contributed by atoms with Crippen molar-refractivity contribution in [3.8, 4) is 5.75 Å². The molecule has 0 aliphatic carbocycles. The van der Waals surface area contributed by atoms with Crippen LogP contribution in [0.25, 0.3) is 0 Å². The Morgan fingerprint density at radius 2 is 2.05 bits per heavy atom. The molecule has 1 amide bonds. The zero-order valence-corrected chi connectivity index (χ0v) is 12.7. The fourth-order valence-corrected chi connectivity index (χ4v) is 2.72. The molecule has 1 heterocycles. The summed E-state index contributed by atoms with van der Waals surface area (Å²) in [7, 11) is 1.63. The molecule has 3 nitrogen and oxygen atoms in total. The Morgan fingerprint density at radius 3 is 2.67 bits per heavy atom. The molecule has 0 aliphatic heterocycles. The van der Waals surface area contributed by atoms with E-state index in [4.69, 9.17) is 16.3 Å². The van der Waals surface area contributed by atoms with E-state index in [0.717, 1.165) is 17.0 Å². The van der Waals surface area contributed by atoms with E-state index >= 15 is 0 Å². The van der Waals surface area contributed by atoms with Gasteiger partial charge in [-0.15, -0.1) is 11.3 Å². The highest BCUT2D eigenvalue weighted by Crippen LogP contribution is 2.22. The molecule has 1 aromatic carbocycles. The van der Waals surface area contributed by atoms with Gasteiger partial charge in [0.25, 0.3) is 5.91 Å². The van der Waals surface area contributed by atoms with Crippen molar-refractivity contribution in [2.75, 3.05) is 13.7 Å². The third kappa shape index (κ3) is 4.41. The summed E-state index contributed by atoms with van der Waals surface area (Å²) >= 11 is 7.21. The van der Waals surface area contributed by atoms with Gasteiger partial charge in [-0.25, -0.2) is 8.78 Å². The first kappa shape index (κ1) is 15.7. The summed E-state index contributed by atoms with van der Waals surface area (Å²) in [4.78, 5) is 14.3. The molecule has 0 radical (unpaired) electrons. The number of rotatable bonds is 5. The number of carbonyl (C=O) groups excluding carboxylic acids is 1. The molecule has 1 aromatic heterocycles. The topological polar surface area (TPSA) is 29.5 Å². The van der Waals surface area contributed by atoms with Crippen LogP contribution < -0.4 is 4.74 Å². The number of halogens is 3. The van der Waals surface area contributed by atoms with Crippen molar-refractivity contribution in [2.24, 2.45) is 0 Å². The number of thiophene rings is 1. The highest BCUT2D eigenvalue weighted by molar-refractivity contribution is 7.16. The largest absolute Gasteiger partial charge is 0.484 e. The van der Waals surface area contributed by atoms with Crippen molar-refractivity contribution in [1.82, 2.24) is 4.90 Å². The van der Waals surface area contributed by atoms with Gasteiger partial charge in [-0.3, -0.25) is 4.79 Å². The Morgan fingerprint density at radius 1 is 1.29 bits per heavy atom. The van der Waals surface area contributed by atoms with E-state index in [1.54, 1.807) is 13.1 Å². The fourth-order valence-electron chi connectivity index (χ4n) is 1.58. The van der Waals surface area contributed by atoms with Gasteiger partial charge in [-0.1, -0.05) is 11.6 Å². The molecule has 0 aliphatic rings. The molecule has 0 saturated carbocycles.